The third-order valence-corrected chi connectivity index (χ3v) is 4.62. The molecule has 0 atom stereocenters. The summed E-state index contributed by atoms with van der Waals surface area (Å²) < 4.78 is 16.0. The summed E-state index contributed by atoms with van der Waals surface area (Å²) in [6, 6.07) is 11.7. The Morgan fingerprint density at radius 2 is 1.96 bits per heavy atom. The molecular weight excluding hydrogens is 320 g/mol. The van der Waals surface area contributed by atoms with E-state index in [1.807, 2.05) is 18.2 Å². The number of carbonyl (C=O) groups excluding carboxylic acids is 1. The molecule has 0 bridgehead atoms. The fraction of sp³-hybridized carbons (Fsp3) is 0.421. The van der Waals surface area contributed by atoms with Gasteiger partial charge in [-0.15, -0.1) is 0 Å². The van der Waals surface area contributed by atoms with Crippen LogP contribution in [0.2, 0.25) is 0 Å². The van der Waals surface area contributed by atoms with Crippen molar-refractivity contribution in [2.45, 2.75) is 24.9 Å². The summed E-state index contributed by atoms with van der Waals surface area (Å²) in [5.74, 6) is 1.50. The van der Waals surface area contributed by atoms with E-state index < -0.39 is 0 Å². The van der Waals surface area contributed by atoms with E-state index in [9.17, 15) is 4.79 Å². The number of hydrogen-bond donors (Lipinski definition) is 2. The number of hydrogen-bond acceptors (Lipinski definition) is 5. The number of rotatable bonds is 7. The smallest absolute Gasteiger partial charge is 0.234 e. The highest BCUT2D eigenvalue weighted by molar-refractivity contribution is 5.78. The van der Waals surface area contributed by atoms with Crippen LogP contribution in [-0.4, -0.2) is 32.8 Å². The van der Waals surface area contributed by atoms with Gasteiger partial charge >= 0.3 is 0 Å². The molecule has 1 fully saturated rings. The van der Waals surface area contributed by atoms with Gasteiger partial charge in [0, 0.05) is 18.8 Å². The van der Waals surface area contributed by atoms with Crippen LogP contribution in [0.5, 0.6) is 5.75 Å². The maximum atomic E-state index is 12.2. The molecule has 0 aliphatic carbocycles. The Hall–Kier alpha value is -2.31. The molecule has 1 aliphatic rings. The quantitative estimate of drug-likeness (QED) is 0.806. The first-order chi connectivity index (χ1) is 12.2. The fourth-order valence-corrected chi connectivity index (χ4v) is 3.11. The molecule has 1 saturated heterocycles. The van der Waals surface area contributed by atoms with E-state index in [-0.39, 0.29) is 18.0 Å². The average molecular weight is 344 g/mol. The van der Waals surface area contributed by atoms with Crippen LogP contribution in [0.3, 0.4) is 0 Å². The first-order valence-corrected chi connectivity index (χ1v) is 8.48. The van der Waals surface area contributed by atoms with E-state index >= 15 is 0 Å². The van der Waals surface area contributed by atoms with Gasteiger partial charge in [0.2, 0.25) is 5.91 Å². The molecule has 25 heavy (non-hydrogen) atoms. The number of furan rings is 1. The van der Waals surface area contributed by atoms with Crippen LogP contribution < -0.4 is 15.4 Å². The summed E-state index contributed by atoms with van der Waals surface area (Å²) in [5.41, 5.74) is 0.891. The molecule has 0 unspecified atom stereocenters. The summed E-state index contributed by atoms with van der Waals surface area (Å²) in [7, 11) is 1.65. The molecule has 6 heteroatoms. The summed E-state index contributed by atoms with van der Waals surface area (Å²) in [4.78, 5) is 12.2. The number of amides is 1. The predicted molar refractivity (Wildman–Crippen MR) is 93.3 cm³/mol. The molecule has 3 rings (SSSR count). The van der Waals surface area contributed by atoms with Crippen LogP contribution in [-0.2, 0) is 21.6 Å². The molecule has 1 aromatic carbocycles. The molecule has 6 nitrogen and oxygen atoms in total. The van der Waals surface area contributed by atoms with E-state index in [0.29, 0.717) is 19.8 Å². The third kappa shape index (κ3) is 4.41. The van der Waals surface area contributed by atoms with Crippen molar-refractivity contribution in [2.24, 2.45) is 0 Å². The molecule has 2 heterocycles. The summed E-state index contributed by atoms with van der Waals surface area (Å²) >= 11 is 0. The van der Waals surface area contributed by atoms with Gasteiger partial charge in [-0.05, 0) is 42.7 Å². The number of carbonyl (C=O) groups is 1. The Labute approximate surface area is 147 Å². The van der Waals surface area contributed by atoms with Crippen molar-refractivity contribution in [3.05, 3.63) is 54.0 Å². The van der Waals surface area contributed by atoms with E-state index in [2.05, 4.69) is 22.8 Å². The van der Waals surface area contributed by atoms with Crippen molar-refractivity contribution >= 4 is 5.91 Å². The lowest BCUT2D eigenvalue weighted by Gasteiger charge is -2.38. The van der Waals surface area contributed by atoms with E-state index in [1.54, 1.807) is 19.4 Å². The normalized spacial score (nSPS) is 16.4. The lowest BCUT2D eigenvalue weighted by molar-refractivity contribution is -0.121. The zero-order chi connectivity index (χ0) is 17.5. The van der Waals surface area contributed by atoms with Gasteiger partial charge in [0.25, 0.3) is 0 Å². The molecular formula is C19H24N2O4. The van der Waals surface area contributed by atoms with E-state index in [4.69, 9.17) is 13.9 Å². The molecule has 2 N–H and O–H groups in total. The van der Waals surface area contributed by atoms with Crippen molar-refractivity contribution in [3.63, 3.8) is 0 Å². The van der Waals surface area contributed by atoms with Gasteiger partial charge in [-0.25, -0.2) is 0 Å². The second kappa shape index (κ2) is 8.18. The number of benzene rings is 1. The molecule has 0 saturated carbocycles. The Morgan fingerprint density at radius 1 is 1.20 bits per heavy atom. The molecule has 1 amide bonds. The third-order valence-electron chi connectivity index (χ3n) is 4.62. The van der Waals surface area contributed by atoms with Crippen molar-refractivity contribution in [1.29, 1.82) is 0 Å². The molecule has 0 radical (unpaired) electrons. The second-order valence-electron chi connectivity index (χ2n) is 6.13. The Kier molecular flexibility index (Phi) is 5.73. The van der Waals surface area contributed by atoms with Crippen LogP contribution in [0, 0.1) is 0 Å². The van der Waals surface area contributed by atoms with E-state index in [0.717, 1.165) is 29.9 Å². The van der Waals surface area contributed by atoms with Gasteiger partial charge in [0.1, 0.15) is 11.5 Å². The Bertz CT molecular complexity index is 661. The highest BCUT2D eigenvalue weighted by Gasteiger charge is 2.34. The highest BCUT2D eigenvalue weighted by atomic mass is 16.5. The lowest BCUT2D eigenvalue weighted by Crippen LogP contribution is -2.50. The van der Waals surface area contributed by atoms with Crippen LogP contribution in [0.15, 0.2) is 47.1 Å². The van der Waals surface area contributed by atoms with Gasteiger partial charge in [0.15, 0.2) is 0 Å². The largest absolute Gasteiger partial charge is 0.497 e. The van der Waals surface area contributed by atoms with Crippen LogP contribution >= 0.6 is 0 Å². The average Bonchev–Trinajstić information content (AvgIpc) is 3.19. The van der Waals surface area contributed by atoms with Gasteiger partial charge in [-0.3, -0.25) is 10.1 Å². The minimum absolute atomic E-state index is 0.0595. The van der Waals surface area contributed by atoms with Crippen molar-refractivity contribution in [1.82, 2.24) is 10.6 Å². The lowest BCUT2D eigenvalue weighted by atomic mass is 9.82. The molecule has 2 aromatic rings. The Morgan fingerprint density at radius 3 is 2.60 bits per heavy atom. The summed E-state index contributed by atoms with van der Waals surface area (Å²) in [5, 5.41) is 6.32. The fourth-order valence-electron chi connectivity index (χ4n) is 3.11. The maximum absolute atomic E-state index is 12.2. The van der Waals surface area contributed by atoms with Crippen LogP contribution in [0.25, 0.3) is 0 Å². The first-order valence-electron chi connectivity index (χ1n) is 8.48. The molecule has 1 aromatic heterocycles. The molecule has 0 spiro atoms. The van der Waals surface area contributed by atoms with Gasteiger partial charge in [-0.2, -0.15) is 0 Å². The number of nitrogens with one attached hydrogen (secondary N) is 2. The maximum Gasteiger partial charge on any atom is 0.234 e. The topological polar surface area (TPSA) is 72.7 Å². The van der Waals surface area contributed by atoms with Gasteiger partial charge in [-0.1, -0.05) is 12.1 Å². The predicted octanol–water partition coefficient (Wildman–Crippen LogP) is 2.20. The molecule has 134 valence electrons. The number of methoxy groups -OCH3 is 1. The minimum Gasteiger partial charge on any atom is -0.497 e. The monoisotopic (exact) mass is 344 g/mol. The van der Waals surface area contributed by atoms with Crippen molar-refractivity contribution < 1.29 is 18.7 Å². The SMILES string of the molecule is COc1ccc(C2(NCC(=O)NCc3ccco3)CCOCC2)cc1. The number of ether oxygens (including phenoxy) is 2. The van der Waals surface area contributed by atoms with Gasteiger partial charge < -0.3 is 19.2 Å². The van der Waals surface area contributed by atoms with Crippen molar-refractivity contribution in [2.75, 3.05) is 26.9 Å². The summed E-state index contributed by atoms with van der Waals surface area (Å²) in [6.45, 7) is 1.99. The van der Waals surface area contributed by atoms with Crippen LogP contribution in [0.1, 0.15) is 24.2 Å². The van der Waals surface area contributed by atoms with Gasteiger partial charge in [0.05, 0.1) is 26.5 Å². The first kappa shape index (κ1) is 17.5. The zero-order valence-corrected chi connectivity index (χ0v) is 14.4. The van der Waals surface area contributed by atoms with E-state index in [1.165, 1.54) is 0 Å². The van der Waals surface area contributed by atoms with Crippen LogP contribution in [0.4, 0.5) is 0 Å². The van der Waals surface area contributed by atoms with Crippen molar-refractivity contribution in [3.8, 4) is 5.75 Å². The Balaban J connectivity index is 1.62. The summed E-state index contributed by atoms with van der Waals surface area (Å²) in [6.07, 6.45) is 3.25. The second-order valence-corrected chi connectivity index (χ2v) is 6.13. The highest BCUT2D eigenvalue weighted by Crippen LogP contribution is 2.33. The standard InChI is InChI=1S/C19H24N2O4/c1-23-16-6-4-15(5-7-16)19(8-11-24-12-9-19)21-14-18(22)20-13-17-3-2-10-25-17/h2-7,10,21H,8-9,11-14H2,1H3,(H,20,22). The zero-order valence-electron chi connectivity index (χ0n) is 14.4. The minimum atomic E-state index is -0.257. The molecule has 1 aliphatic heterocycles.